The molecule has 0 aliphatic heterocycles. The fraction of sp³-hybridized carbons (Fsp3) is 0.263. The van der Waals surface area contributed by atoms with Gasteiger partial charge in [-0.25, -0.2) is 0 Å². The lowest BCUT2D eigenvalue weighted by Gasteiger charge is -2.11. The lowest BCUT2D eigenvalue weighted by molar-refractivity contribution is -0.146. The number of anilines is 1. The molecule has 0 aromatic heterocycles. The van der Waals surface area contributed by atoms with Crippen LogP contribution in [0.4, 0.5) is 5.69 Å². The van der Waals surface area contributed by atoms with Gasteiger partial charge < -0.3 is 24.3 Å². The van der Waals surface area contributed by atoms with Crippen LogP contribution in [0.3, 0.4) is 0 Å². The first-order valence-electron chi connectivity index (χ1n) is 7.86. The topological polar surface area (TPSA) is 83.1 Å². The SMILES string of the molecule is COc1cccc(CC(=O)OCC(=O)Nc2ccc(OC)c(OC)c2)c1. The van der Waals surface area contributed by atoms with Gasteiger partial charge in [0.05, 0.1) is 27.8 Å². The molecule has 0 aliphatic carbocycles. The molecule has 2 rings (SSSR count). The molecule has 138 valence electrons. The fourth-order valence-corrected chi connectivity index (χ4v) is 2.26. The van der Waals surface area contributed by atoms with Crippen LogP contribution < -0.4 is 19.5 Å². The Morgan fingerprint density at radius 3 is 2.38 bits per heavy atom. The molecular formula is C19H21NO6. The minimum Gasteiger partial charge on any atom is -0.497 e. The Morgan fingerprint density at radius 2 is 1.69 bits per heavy atom. The highest BCUT2D eigenvalue weighted by atomic mass is 16.5. The first-order chi connectivity index (χ1) is 12.5. The number of ether oxygens (including phenoxy) is 4. The molecule has 7 nitrogen and oxygen atoms in total. The molecule has 0 heterocycles. The first-order valence-corrected chi connectivity index (χ1v) is 7.86. The molecule has 2 aromatic carbocycles. The zero-order chi connectivity index (χ0) is 18.9. The molecular weight excluding hydrogens is 338 g/mol. The Hall–Kier alpha value is -3.22. The van der Waals surface area contributed by atoms with Crippen LogP contribution in [0.2, 0.25) is 0 Å². The quantitative estimate of drug-likeness (QED) is 0.729. The van der Waals surface area contributed by atoms with Gasteiger partial charge in [0, 0.05) is 11.8 Å². The van der Waals surface area contributed by atoms with Crippen molar-refractivity contribution in [1.82, 2.24) is 0 Å². The van der Waals surface area contributed by atoms with Gasteiger partial charge in [-0.15, -0.1) is 0 Å². The van der Waals surface area contributed by atoms with E-state index in [1.54, 1.807) is 49.6 Å². The highest BCUT2D eigenvalue weighted by Gasteiger charge is 2.11. The van der Waals surface area contributed by atoms with Gasteiger partial charge >= 0.3 is 5.97 Å². The summed E-state index contributed by atoms with van der Waals surface area (Å²) in [5.41, 5.74) is 1.26. The summed E-state index contributed by atoms with van der Waals surface area (Å²) in [4.78, 5) is 23.8. The molecule has 26 heavy (non-hydrogen) atoms. The van der Waals surface area contributed by atoms with Gasteiger partial charge in [-0.3, -0.25) is 9.59 Å². The minimum absolute atomic E-state index is 0.0564. The summed E-state index contributed by atoms with van der Waals surface area (Å²) in [6.07, 6.45) is 0.0564. The van der Waals surface area contributed by atoms with Gasteiger partial charge in [-0.2, -0.15) is 0 Å². The molecule has 0 atom stereocenters. The summed E-state index contributed by atoms with van der Waals surface area (Å²) >= 11 is 0. The molecule has 0 saturated carbocycles. The van der Waals surface area contributed by atoms with Crippen LogP contribution in [-0.4, -0.2) is 39.8 Å². The van der Waals surface area contributed by atoms with E-state index in [2.05, 4.69) is 5.32 Å². The maximum atomic E-state index is 11.9. The number of benzene rings is 2. The first kappa shape index (κ1) is 19.1. The fourth-order valence-electron chi connectivity index (χ4n) is 2.26. The second kappa shape index (κ2) is 9.31. The van der Waals surface area contributed by atoms with E-state index >= 15 is 0 Å². The van der Waals surface area contributed by atoms with Crippen molar-refractivity contribution in [1.29, 1.82) is 0 Å². The summed E-state index contributed by atoms with van der Waals surface area (Å²) in [6, 6.07) is 12.0. The lowest BCUT2D eigenvalue weighted by Crippen LogP contribution is -2.21. The Bertz CT molecular complexity index is 774. The molecule has 1 N–H and O–H groups in total. The molecule has 0 fully saturated rings. The summed E-state index contributed by atoms with van der Waals surface area (Å²) in [7, 11) is 4.58. The van der Waals surface area contributed by atoms with Gasteiger partial charge in [0.25, 0.3) is 5.91 Å². The average molecular weight is 359 g/mol. The third kappa shape index (κ3) is 5.41. The smallest absolute Gasteiger partial charge is 0.310 e. The minimum atomic E-state index is -0.499. The molecule has 0 spiro atoms. The number of hydrogen-bond acceptors (Lipinski definition) is 6. The van der Waals surface area contributed by atoms with Crippen LogP contribution in [-0.2, 0) is 20.7 Å². The van der Waals surface area contributed by atoms with E-state index in [-0.39, 0.29) is 13.0 Å². The van der Waals surface area contributed by atoms with Crippen LogP contribution in [0.1, 0.15) is 5.56 Å². The zero-order valence-electron chi connectivity index (χ0n) is 14.9. The van der Waals surface area contributed by atoms with Crippen molar-refractivity contribution in [3.05, 3.63) is 48.0 Å². The van der Waals surface area contributed by atoms with Crippen molar-refractivity contribution < 1.29 is 28.5 Å². The van der Waals surface area contributed by atoms with E-state index in [4.69, 9.17) is 18.9 Å². The molecule has 0 unspecified atom stereocenters. The maximum absolute atomic E-state index is 11.9. The number of nitrogens with one attached hydrogen (secondary N) is 1. The maximum Gasteiger partial charge on any atom is 0.310 e. The number of carbonyl (C=O) groups excluding carboxylic acids is 2. The van der Waals surface area contributed by atoms with Gasteiger partial charge in [0.2, 0.25) is 0 Å². The summed E-state index contributed by atoms with van der Waals surface area (Å²) < 4.78 is 20.4. The van der Waals surface area contributed by atoms with Gasteiger partial charge in [0.1, 0.15) is 5.75 Å². The van der Waals surface area contributed by atoms with E-state index in [0.29, 0.717) is 22.9 Å². The number of methoxy groups -OCH3 is 3. The predicted octanol–water partition coefficient (Wildman–Crippen LogP) is 2.44. The average Bonchev–Trinajstić information content (AvgIpc) is 2.66. The monoisotopic (exact) mass is 359 g/mol. The van der Waals surface area contributed by atoms with E-state index in [9.17, 15) is 9.59 Å². The van der Waals surface area contributed by atoms with E-state index < -0.39 is 11.9 Å². The lowest BCUT2D eigenvalue weighted by atomic mass is 10.1. The van der Waals surface area contributed by atoms with E-state index in [0.717, 1.165) is 5.56 Å². The normalized spacial score (nSPS) is 9.96. The Balaban J connectivity index is 1.85. The van der Waals surface area contributed by atoms with Crippen LogP contribution in [0, 0.1) is 0 Å². The molecule has 0 bridgehead atoms. The van der Waals surface area contributed by atoms with Crippen molar-refractivity contribution in [2.45, 2.75) is 6.42 Å². The Morgan fingerprint density at radius 1 is 0.923 bits per heavy atom. The van der Waals surface area contributed by atoms with Crippen molar-refractivity contribution >= 4 is 17.6 Å². The van der Waals surface area contributed by atoms with Crippen LogP contribution in [0.5, 0.6) is 17.2 Å². The second-order valence-corrected chi connectivity index (χ2v) is 5.31. The number of esters is 1. The number of hydrogen-bond donors (Lipinski definition) is 1. The molecule has 0 saturated heterocycles. The molecule has 2 aromatic rings. The number of amides is 1. The zero-order valence-corrected chi connectivity index (χ0v) is 14.9. The van der Waals surface area contributed by atoms with Crippen LogP contribution in [0.25, 0.3) is 0 Å². The van der Waals surface area contributed by atoms with Gasteiger partial charge in [0.15, 0.2) is 18.1 Å². The van der Waals surface area contributed by atoms with Crippen molar-refractivity contribution in [3.63, 3.8) is 0 Å². The van der Waals surface area contributed by atoms with Crippen molar-refractivity contribution in [2.24, 2.45) is 0 Å². The third-order valence-corrected chi connectivity index (χ3v) is 3.51. The number of rotatable bonds is 8. The number of carbonyl (C=O) groups is 2. The van der Waals surface area contributed by atoms with Crippen LogP contribution >= 0.6 is 0 Å². The highest BCUT2D eigenvalue weighted by molar-refractivity contribution is 5.93. The molecule has 1 amide bonds. The summed E-state index contributed by atoms with van der Waals surface area (Å²) in [5, 5.41) is 2.63. The molecule has 0 radical (unpaired) electrons. The van der Waals surface area contributed by atoms with Gasteiger partial charge in [-0.05, 0) is 29.8 Å². The predicted molar refractivity (Wildman–Crippen MR) is 95.8 cm³/mol. The Kier molecular flexibility index (Phi) is 6.84. The molecule has 0 aliphatic rings. The standard InChI is InChI=1S/C19H21NO6/c1-23-15-6-4-5-13(9-15)10-19(22)26-12-18(21)20-14-7-8-16(24-2)17(11-14)25-3/h4-9,11H,10,12H2,1-3H3,(H,20,21). The summed E-state index contributed by atoms with van der Waals surface area (Å²) in [6.45, 7) is -0.378. The van der Waals surface area contributed by atoms with E-state index in [1.807, 2.05) is 0 Å². The third-order valence-electron chi connectivity index (χ3n) is 3.51. The largest absolute Gasteiger partial charge is 0.497 e. The molecule has 7 heteroatoms. The van der Waals surface area contributed by atoms with Crippen molar-refractivity contribution in [2.75, 3.05) is 33.3 Å². The van der Waals surface area contributed by atoms with Gasteiger partial charge in [-0.1, -0.05) is 12.1 Å². The summed E-state index contributed by atoms with van der Waals surface area (Å²) in [5.74, 6) is 0.744. The highest BCUT2D eigenvalue weighted by Crippen LogP contribution is 2.29. The second-order valence-electron chi connectivity index (χ2n) is 5.31. The van der Waals surface area contributed by atoms with Crippen molar-refractivity contribution in [3.8, 4) is 17.2 Å². The Labute approximate surface area is 151 Å². The van der Waals surface area contributed by atoms with E-state index in [1.165, 1.54) is 14.2 Å². The van der Waals surface area contributed by atoms with Crippen LogP contribution in [0.15, 0.2) is 42.5 Å².